The van der Waals surface area contributed by atoms with Gasteiger partial charge in [-0.25, -0.2) is 4.98 Å². The van der Waals surface area contributed by atoms with E-state index in [2.05, 4.69) is 17.0 Å². The Labute approximate surface area is 71.8 Å². The van der Waals surface area contributed by atoms with Crippen molar-refractivity contribution in [3.63, 3.8) is 0 Å². The molecule has 0 aliphatic heterocycles. The van der Waals surface area contributed by atoms with Gasteiger partial charge in [-0.1, -0.05) is 6.92 Å². The first-order valence-corrected chi connectivity index (χ1v) is 4.40. The summed E-state index contributed by atoms with van der Waals surface area (Å²) >= 11 is 0. The number of anilines is 1. The van der Waals surface area contributed by atoms with Gasteiger partial charge in [0.1, 0.15) is 6.33 Å². The van der Waals surface area contributed by atoms with Crippen molar-refractivity contribution in [2.75, 3.05) is 5.73 Å². The van der Waals surface area contributed by atoms with Gasteiger partial charge in [0, 0.05) is 6.54 Å². The van der Waals surface area contributed by atoms with E-state index >= 15 is 0 Å². The topological polar surface area (TPSA) is 56.7 Å². The lowest BCUT2D eigenvalue weighted by Crippen LogP contribution is -2.09. The molecule has 1 fully saturated rings. The zero-order chi connectivity index (χ0) is 8.55. The highest BCUT2D eigenvalue weighted by atomic mass is 15.4. The van der Waals surface area contributed by atoms with Crippen molar-refractivity contribution < 1.29 is 0 Å². The predicted octanol–water partition coefficient (Wildman–Crippen LogP) is 0.906. The second kappa shape index (κ2) is 2.77. The lowest BCUT2D eigenvalue weighted by Gasteiger charge is -2.08. The van der Waals surface area contributed by atoms with E-state index in [9.17, 15) is 0 Å². The minimum Gasteiger partial charge on any atom is -0.367 e. The largest absolute Gasteiger partial charge is 0.367 e. The summed E-state index contributed by atoms with van der Waals surface area (Å²) in [6, 6.07) is 0. The smallest absolute Gasteiger partial charge is 0.239 e. The van der Waals surface area contributed by atoms with E-state index < -0.39 is 0 Å². The Balaban J connectivity index is 1.93. The van der Waals surface area contributed by atoms with Crippen LogP contribution in [-0.2, 0) is 6.54 Å². The van der Waals surface area contributed by atoms with Crippen LogP contribution in [0.4, 0.5) is 5.95 Å². The zero-order valence-corrected chi connectivity index (χ0v) is 7.27. The average Bonchev–Trinajstić information content (AvgIpc) is 2.78. The molecule has 1 unspecified atom stereocenters. The first-order chi connectivity index (χ1) is 5.75. The fourth-order valence-electron chi connectivity index (χ4n) is 1.51. The van der Waals surface area contributed by atoms with Crippen molar-refractivity contribution in [3.05, 3.63) is 6.33 Å². The van der Waals surface area contributed by atoms with Crippen LogP contribution in [0.3, 0.4) is 0 Å². The van der Waals surface area contributed by atoms with Crippen LogP contribution in [0.1, 0.15) is 19.8 Å². The molecule has 1 aliphatic carbocycles. The Morgan fingerprint density at radius 1 is 1.75 bits per heavy atom. The SMILES string of the molecule is CC(Cn1cnc(N)n1)C1CC1. The van der Waals surface area contributed by atoms with E-state index in [1.807, 2.05) is 4.68 Å². The number of aromatic nitrogens is 3. The maximum absolute atomic E-state index is 5.40. The van der Waals surface area contributed by atoms with E-state index in [4.69, 9.17) is 5.73 Å². The minimum atomic E-state index is 0.373. The van der Waals surface area contributed by atoms with E-state index in [-0.39, 0.29) is 0 Å². The molecule has 2 rings (SSSR count). The Bertz CT molecular complexity index is 264. The van der Waals surface area contributed by atoms with Crippen molar-refractivity contribution in [1.29, 1.82) is 0 Å². The molecule has 4 heteroatoms. The second-order valence-electron chi connectivity index (χ2n) is 3.64. The van der Waals surface area contributed by atoms with E-state index in [0.29, 0.717) is 11.9 Å². The summed E-state index contributed by atoms with van der Waals surface area (Å²) < 4.78 is 1.83. The molecular weight excluding hydrogens is 152 g/mol. The predicted molar refractivity (Wildman–Crippen MR) is 46.3 cm³/mol. The third-order valence-electron chi connectivity index (χ3n) is 2.46. The number of nitrogens with zero attached hydrogens (tertiary/aromatic N) is 3. The quantitative estimate of drug-likeness (QED) is 0.726. The van der Waals surface area contributed by atoms with Crippen LogP contribution in [-0.4, -0.2) is 14.8 Å². The standard InChI is InChI=1S/C8H14N4/c1-6(7-2-3-7)4-12-5-10-8(9)11-12/h5-7H,2-4H2,1H3,(H2,9,11). The highest BCUT2D eigenvalue weighted by Gasteiger charge is 2.28. The molecular formula is C8H14N4. The monoisotopic (exact) mass is 166 g/mol. The second-order valence-corrected chi connectivity index (χ2v) is 3.64. The lowest BCUT2D eigenvalue weighted by molar-refractivity contribution is 0.406. The maximum Gasteiger partial charge on any atom is 0.239 e. The minimum absolute atomic E-state index is 0.373. The Kier molecular flexibility index (Phi) is 1.75. The normalized spacial score (nSPS) is 19.4. The molecule has 0 bridgehead atoms. The van der Waals surface area contributed by atoms with Crippen LogP contribution in [0, 0.1) is 11.8 Å². The third kappa shape index (κ3) is 1.57. The van der Waals surface area contributed by atoms with Gasteiger partial charge < -0.3 is 5.73 Å². The molecule has 0 saturated heterocycles. The van der Waals surface area contributed by atoms with E-state index in [1.54, 1.807) is 6.33 Å². The summed E-state index contributed by atoms with van der Waals surface area (Å²) in [5, 5.41) is 4.04. The van der Waals surface area contributed by atoms with Gasteiger partial charge in [-0.2, -0.15) is 0 Å². The summed E-state index contributed by atoms with van der Waals surface area (Å²) in [6.45, 7) is 3.21. The third-order valence-corrected chi connectivity index (χ3v) is 2.46. The number of hydrogen-bond acceptors (Lipinski definition) is 3. The summed E-state index contributed by atoms with van der Waals surface area (Å²) in [5.41, 5.74) is 5.40. The van der Waals surface area contributed by atoms with Crippen LogP contribution >= 0.6 is 0 Å². The van der Waals surface area contributed by atoms with Crippen LogP contribution in [0.15, 0.2) is 6.33 Å². The van der Waals surface area contributed by atoms with Crippen molar-refractivity contribution in [1.82, 2.24) is 14.8 Å². The van der Waals surface area contributed by atoms with Gasteiger partial charge in [-0.15, -0.1) is 5.10 Å². The van der Waals surface area contributed by atoms with E-state index in [1.165, 1.54) is 12.8 Å². The number of hydrogen-bond donors (Lipinski definition) is 1. The first-order valence-electron chi connectivity index (χ1n) is 4.40. The maximum atomic E-state index is 5.40. The summed E-state index contributed by atoms with van der Waals surface area (Å²) in [4.78, 5) is 3.88. The van der Waals surface area contributed by atoms with Gasteiger partial charge in [-0.05, 0) is 24.7 Å². The van der Waals surface area contributed by atoms with Crippen LogP contribution in [0.25, 0.3) is 0 Å². The molecule has 66 valence electrons. The van der Waals surface area contributed by atoms with Crippen LogP contribution in [0.2, 0.25) is 0 Å². The number of nitrogen functional groups attached to an aromatic ring is 1. The molecule has 0 aromatic carbocycles. The molecule has 1 atom stereocenters. The molecule has 1 aromatic heterocycles. The fraction of sp³-hybridized carbons (Fsp3) is 0.750. The van der Waals surface area contributed by atoms with Crippen LogP contribution < -0.4 is 5.73 Å². The molecule has 0 spiro atoms. The van der Waals surface area contributed by atoms with Gasteiger partial charge >= 0.3 is 0 Å². The van der Waals surface area contributed by atoms with Gasteiger partial charge in [0.2, 0.25) is 5.95 Å². The molecule has 0 radical (unpaired) electrons. The molecule has 0 amide bonds. The Hall–Kier alpha value is -1.06. The molecule has 1 aromatic rings. The van der Waals surface area contributed by atoms with E-state index in [0.717, 1.165) is 12.5 Å². The van der Waals surface area contributed by atoms with Crippen molar-refractivity contribution >= 4 is 5.95 Å². The summed E-state index contributed by atoms with van der Waals surface area (Å²) in [7, 11) is 0. The van der Waals surface area contributed by atoms with Gasteiger partial charge in [0.15, 0.2) is 0 Å². The molecule has 2 N–H and O–H groups in total. The fourth-order valence-corrected chi connectivity index (χ4v) is 1.51. The van der Waals surface area contributed by atoms with Gasteiger partial charge in [0.25, 0.3) is 0 Å². The summed E-state index contributed by atoms with van der Waals surface area (Å²) in [5.74, 6) is 2.00. The molecule has 12 heavy (non-hydrogen) atoms. The zero-order valence-electron chi connectivity index (χ0n) is 7.27. The number of rotatable bonds is 3. The van der Waals surface area contributed by atoms with Crippen molar-refractivity contribution in [2.45, 2.75) is 26.3 Å². The molecule has 4 nitrogen and oxygen atoms in total. The van der Waals surface area contributed by atoms with Gasteiger partial charge in [0.05, 0.1) is 0 Å². The number of nitrogens with two attached hydrogens (primary N) is 1. The average molecular weight is 166 g/mol. The Morgan fingerprint density at radius 3 is 3.00 bits per heavy atom. The van der Waals surface area contributed by atoms with Crippen molar-refractivity contribution in [2.24, 2.45) is 11.8 Å². The first kappa shape index (κ1) is 7.58. The lowest BCUT2D eigenvalue weighted by atomic mass is 10.1. The molecule has 1 saturated carbocycles. The Morgan fingerprint density at radius 2 is 2.50 bits per heavy atom. The molecule has 1 aliphatic rings. The highest BCUT2D eigenvalue weighted by Crippen LogP contribution is 2.37. The van der Waals surface area contributed by atoms with Crippen LogP contribution in [0.5, 0.6) is 0 Å². The summed E-state index contributed by atoms with van der Waals surface area (Å²) in [6.07, 6.45) is 4.46. The molecule has 1 heterocycles. The van der Waals surface area contributed by atoms with Gasteiger partial charge in [-0.3, -0.25) is 4.68 Å². The highest BCUT2D eigenvalue weighted by molar-refractivity contribution is 5.09. The van der Waals surface area contributed by atoms with Crippen molar-refractivity contribution in [3.8, 4) is 0 Å².